The van der Waals surface area contributed by atoms with Gasteiger partial charge in [0.05, 0.1) is 21.4 Å². The molecule has 0 bridgehead atoms. The van der Waals surface area contributed by atoms with E-state index in [9.17, 15) is 26.8 Å². The molecule has 198 valence electrons. The summed E-state index contributed by atoms with van der Waals surface area (Å²) in [5, 5.41) is 2.56. The molecule has 9 nitrogen and oxygen atoms in total. The highest BCUT2D eigenvalue weighted by Crippen LogP contribution is 2.24. The van der Waals surface area contributed by atoms with Crippen molar-refractivity contribution >= 4 is 66.7 Å². The van der Waals surface area contributed by atoms with Crippen molar-refractivity contribution in [3.8, 4) is 0 Å². The van der Waals surface area contributed by atoms with Crippen molar-refractivity contribution in [2.45, 2.75) is 12.5 Å². The summed E-state index contributed by atoms with van der Waals surface area (Å²) in [6, 6.07) is 11.0. The van der Waals surface area contributed by atoms with Gasteiger partial charge < -0.3 is 10.2 Å². The number of fused-ring (bicyclic) bond motifs is 1. The van der Waals surface area contributed by atoms with E-state index in [1.807, 2.05) is 0 Å². The molecule has 1 aromatic heterocycles. The number of benzene rings is 3. The summed E-state index contributed by atoms with van der Waals surface area (Å²) in [7, 11) is -2.97. The van der Waals surface area contributed by atoms with Crippen molar-refractivity contribution in [2.75, 3.05) is 16.7 Å². The van der Waals surface area contributed by atoms with E-state index >= 15 is 0 Å². The van der Waals surface area contributed by atoms with Gasteiger partial charge in [0, 0.05) is 30.2 Å². The van der Waals surface area contributed by atoms with Gasteiger partial charge in [0.2, 0.25) is 5.91 Å². The molecular formula is C24H20ClF2N5O4S2. The second-order valence-electron chi connectivity index (χ2n) is 8.13. The van der Waals surface area contributed by atoms with Gasteiger partial charge in [-0.1, -0.05) is 17.7 Å². The lowest BCUT2D eigenvalue weighted by atomic mass is 10.0. The number of carbonyl (C=O) groups excluding carboxylic acids is 2. The lowest BCUT2D eigenvalue weighted by Crippen LogP contribution is -2.53. The van der Waals surface area contributed by atoms with Crippen molar-refractivity contribution in [3.05, 3.63) is 88.4 Å². The predicted octanol–water partition coefficient (Wildman–Crippen LogP) is 4.46. The number of aromatic nitrogens is 1. The van der Waals surface area contributed by atoms with Crippen LogP contribution in [-0.4, -0.2) is 38.4 Å². The fourth-order valence-corrected chi connectivity index (χ4v) is 5.26. The van der Waals surface area contributed by atoms with Gasteiger partial charge in [0.25, 0.3) is 0 Å². The molecular weight excluding hydrogens is 560 g/mol. The molecule has 3 amide bonds. The van der Waals surface area contributed by atoms with Gasteiger partial charge in [-0.25, -0.2) is 23.3 Å². The Bertz CT molecular complexity index is 1600. The predicted molar refractivity (Wildman–Crippen MR) is 143 cm³/mol. The zero-order chi connectivity index (χ0) is 27.4. The first-order valence-electron chi connectivity index (χ1n) is 10.9. The number of nitrogens with one attached hydrogen (secondary N) is 3. The number of halogens is 3. The molecule has 0 spiro atoms. The van der Waals surface area contributed by atoms with E-state index in [4.69, 9.17) is 11.6 Å². The molecule has 0 radical (unpaired) electrons. The van der Waals surface area contributed by atoms with Crippen LogP contribution < -0.4 is 19.7 Å². The molecule has 4 aromatic rings. The zero-order valence-corrected chi connectivity index (χ0v) is 22.0. The maximum atomic E-state index is 13.8. The van der Waals surface area contributed by atoms with Crippen molar-refractivity contribution in [2.24, 2.45) is 0 Å². The lowest BCUT2D eigenvalue weighted by molar-refractivity contribution is -0.120. The molecule has 1 unspecified atom stereocenters. The van der Waals surface area contributed by atoms with Gasteiger partial charge in [0.1, 0.15) is 17.7 Å². The van der Waals surface area contributed by atoms with E-state index in [-0.39, 0.29) is 22.7 Å². The van der Waals surface area contributed by atoms with Crippen LogP contribution in [0.5, 0.6) is 0 Å². The largest absolute Gasteiger partial charge is 0.330 e. The molecule has 3 aromatic carbocycles. The lowest BCUT2D eigenvalue weighted by Gasteiger charge is -2.25. The number of rotatable bonds is 8. The Hall–Kier alpha value is -3.81. The normalized spacial score (nSPS) is 12.1. The van der Waals surface area contributed by atoms with Gasteiger partial charge in [0.15, 0.2) is 0 Å². The third-order valence-electron chi connectivity index (χ3n) is 5.30. The summed E-state index contributed by atoms with van der Waals surface area (Å²) in [5.41, 5.74) is 2.92. The Labute approximate surface area is 225 Å². The van der Waals surface area contributed by atoms with Crippen LogP contribution in [0.2, 0.25) is 5.02 Å². The Morgan fingerprint density at radius 3 is 2.53 bits per heavy atom. The molecule has 0 aliphatic heterocycles. The van der Waals surface area contributed by atoms with Crippen molar-refractivity contribution in [3.63, 3.8) is 0 Å². The molecule has 0 saturated heterocycles. The van der Waals surface area contributed by atoms with Crippen molar-refractivity contribution in [1.29, 1.82) is 0 Å². The Morgan fingerprint density at radius 2 is 1.82 bits per heavy atom. The highest BCUT2D eigenvalue weighted by atomic mass is 35.5. The monoisotopic (exact) mass is 579 g/mol. The van der Waals surface area contributed by atoms with Gasteiger partial charge in [-0.3, -0.25) is 9.52 Å². The van der Waals surface area contributed by atoms with Gasteiger partial charge >= 0.3 is 16.2 Å². The van der Waals surface area contributed by atoms with Crippen LogP contribution in [0, 0.1) is 11.6 Å². The Balaban J connectivity index is 1.55. The second-order valence-corrected chi connectivity index (χ2v) is 10.9. The molecule has 0 aliphatic carbocycles. The van der Waals surface area contributed by atoms with Crippen LogP contribution in [0.15, 0.2) is 66.2 Å². The number of anilines is 2. The minimum Gasteiger partial charge on any atom is -0.325 e. The molecule has 4 rings (SSSR count). The Morgan fingerprint density at radius 1 is 1.08 bits per heavy atom. The zero-order valence-electron chi connectivity index (χ0n) is 19.6. The summed E-state index contributed by atoms with van der Waals surface area (Å²) in [6.45, 7) is 0. The van der Waals surface area contributed by atoms with Crippen molar-refractivity contribution < 1.29 is 26.8 Å². The van der Waals surface area contributed by atoms with Gasteiger partial charge in [-0.05, 0) is 54.1 Å². The molecule has 0 aliphatic rings. The molecule has 1 heterocycles. The van der Waals surface area contributed by atoms with Crippen LogP contribution in [0.4, 0.5) is 25.0 Å². The highest BCUT2D eigenvalue weighted by molar-refractivity contribution is 7.91. The van der Waals surface area contributed by atoms with E-state index in [1.165, 1.54) is 47.5 Å². The number of likely N-dealkylation sites (N-methyl/N-ethyl adjacent to an activating group) is 1. The number of thiazole rings is 1. The molecule has 3 N–H and O–H groups in total. The Kier molecular flexibility index (Phi) is 8.09. The molecule has 14 heteroatoms. The smallest absolute Gasteiger partial charge is 0.325 e. The summed E-state index contributed by atoms with van der Waals surface area (Å²) in [4.78, 5) is 31.5. The average Bonchev–Trinajstić information content (AvgIpc) is 3.29. The van der Waals surface area contributed by atoms with Crippen LogP contribution >= 0.6 is 22.9 Å². The number of hydrogen-bond acceptors (Lipinski definition) is 6. The summed E-state index contributed by atoms with van der Waals surface area (Å²) < 4.78 is 57.3. The van der Waals surface area contributed by atoms with E-state index in [2.05, 4.69) is 15.0 Å². The van der Waals surface area contributed by atoms with Crippen LogP contribution in [-0.2, 0) is 21.4 Å². The number of hydrogen-bond donors (Lipinski definition) is 3. The van der Waals surface area contributed by atoms with E-state index in [0.29, 0.717) is 17.3 Å². The first-order valence-corrected chi connectivity index (χ1v) is 13.7. The SMILES string of the molecule is CN(C(=O)C(Cc1cc(F)cc(F)c1)NC(=O)NS(=O)(=O)Nc1cccc(Cl)c1)c1ccc2scnc2c1. The number of urea groups is 1. The molecule has 0 fully saturated rings. The van der Waals surface area contributed by atoms with Crippen LogP contribution in [0.1, 0.15) is 5.56 Å². The van der Waals surface area contributed by atoms with Crippen LogP contribution in [0.3, 0.4) is 0 Å². The maximum Gasteiger partial charge on any atom is 0.330 e. The molecule has 38 heavy (non-hydrogen) atoms. The van der Waals surface area contributed by atoms with E-state index < -0.39 is 39.8 Å². The molecule has 0 saturated carbocycles. The number of nitrogens with zero attached hydrogens (tertiary/aromatic N) is 2. The summed E-state index contributed by atoms with van der Waals surface area (Å²) in [5.74, 6) is -2.41. The second kappa shape index (κ2) is 11.3. The van der Waals surface area contributed by atoms with Gasteiger partial charge in [-0.15, -0.1) is 11.3 Å². The maximum absolute atomic E-state index is 13.8. The average molecular weight is 580 g/mol. The van der Waals surface area contributed by atoms with Crippen molar-refractivity contribution in [1.82, 2.24) is 15.0 Å². The molecule has 1 atom stereocenters. The third-order valence-corrected chi connectivity index (χ3v) is 7.30. The third kappa shape index (κ3) is 6.94. The standard InChI is InChI=1S/C24H20ClF2N5O4S2/c1-32(19-5-6-22-20(12-19)28-13-37-22)23(33)21(9-14-7-16(26)11-17(27)8-14)29-24(34)31-38(35,36)30-18-4-2-3-15(25)10-18/h2-8,10-13,21,30H,9H2,1H3,(H2,29,31,34). The quantitative estimate of drug-likeness (QED) is 0.285. The van der Waals surface area contributed by atoms with E-state index in [1.54, 1.807) is 28.4 Å². The van der Waals surface area contributed by atoms with E-state index in [0.717, 1.165) is 16.8 Å². The first kappa shape index (κ1) is 27.2. The number of amides is 3. The summed E-state index contributed by atoms with van der Waals surface area (Å²) >= 11 is 7.28. The fourth-order valence-electron chi connectivity index (χ4n) is 3.62. The first-order chi connectivity index (χ1) is 18.0. The van der Waals surface area contributed by atoms with Crippen LogP contribution in [0.25, 0.3) is 10.2 Å². The minimum atomic E-state index is -4.42. The summed E-state index contributed by atoms with van der Waals surface area (Å²) in [6.07, 6.45) is -0.327. The number of carbonyl (C=O) groups is 2. The topological polar surface area (TPSA) is 121 Å². The van der Waals surface area contributed by atoms with Gasteiger partial charge in [-0.2, -0.15) is 8.42 Å². The minimum absolute atomic E-state index is 0.0735. The fraction of sp³-hybridized carbons (Fsp3) is 0.125. The highest BCUT2D eigenvalue weighted by Gasteiger charge is 2.27.